The van der Waals surface area contributed by atoms with Gasteiger partial charge in [0.05, 0.1) is 0 Å². The second-order valence-electron chi connectivity index (χ2n) is 8.06. The molecule has 2 saturated heterocycles. The summed E-state index contributed by atoms with van der Waals surface area (Å²) in [7, 11) is 0. The van der Waals surface area contributed by atoms with Crippen LogP contribution in [0.15, 0.2) is 22.2 Å². The topological polar surface area (TPSA) is 71.7 Å². The number of piperidine rings is 2. The molecule has 0 bridgehead atoms. The molecule has 0 unspecified atom stereocenters. The number of aromatic nitrogens is 2. The van der Waals surface area contributed by atoms with Crippen LogP contribution in [-0.4, -0.2) is 64.2 Å². The lowest BCUT2D eigenvalue weighted by atomic mass is 9.98. The predicted molar refractivity (Wildman–Crippen MR) is 105 cm³/mol. The standard InChI is InChI=1S/C20H26N4O3S/c25-19(17-13-18(27-22-17)14-1-2-14)24-8-3-15(4-9-24)23-10-5-16(6-11-23)26-20-21-7-12-28-20/h7,12-16H,1-6,8-11H2. The van der Waals surface area contributed by atoms with Crippen molar-refractivity contribution in [3.8, 4) is 5.19 Å². The van der Waals surface area contributed by atoms with Gasteiger partial charge >= 0.3 is 0 Å². The SMILES string of the molecule is O=C(c1cc(C2CC2)on1)N1CCC(N2CCC(Oc3nccs3)CC2)CC1. The highest BCUT2D eigenvalue weighted by Gasteiger charge is 2.33. The zero-order valence-corrected chi connectivity index (χ0v) is 16.8. The van der Waals surface area contributed by atoms with Crippen LogP contribution >= 0.6 is 11.3 Å². The summed E-state index contributed by atoms with van der Waals surface area (Å²) >= 11 is 1.56. The highest BCUT2D eigenvalue weighted by atomic mass is 32.1. The Balaban J connectivity index is 1.09. The lowest BCUT2D eigenvalue weighted by molar-refractivity contribution is 0.0420. The monoisotopic (exact) mass is 402 g/mol. The van der Waals surface area contributed by atoms with Crippen LogP contribution in [0.2, 0.25) is 0 Å². The molecule has 1 aliphatic carbocycles. The van der Waals surface area contributed by atoms with Gasteiger partial charge in [0.25, 0.3) is 11.1 Å². The third-order valence-electron chi connectivity index (χ3n) is 6.15. The highest BCUT2D eigenvalue weighted by Crippen LogP contribution is 2.40. The molecule has 0 N–H and O–H groups in total. The average molecular weight is 403 g/mol. The van der Waals surface area contributed by atoms with Gasteiger partial charge in [-0.05, 0) is 38.5 Å². The summed E-state index contributed by atoms with van der Waals surface area (Å²) in [5, 5.41) is 6.74. The molecule has 7 nitrogen and oxygen atoms in total. The number of carbonyl (C=O) groups excluding carboxylic acids is 1. The summed E-state index contributed by atoms with van der Waals surface area (Å²) in [5.41, 5.74) is 0.473. The van der Waals surface area contributed by atoms with E-state index >= 15 is 0 Å². The van der Waals surface area contributed by atoms with E-state index in [1.807, 2.05) is 16.3 Å². The van der Waals surface area contributed by atoms with E-state index in [-0.39, 0.29) is 12.0 Å². The number of thiazole rings is 1. The molecule has 2 aromatic heterocycles. The van der Waals surface area contributed by atoms with Crippen molar-refractivity contribution in [3.05, 3.63) is 29.1 Å². The van der Waals surface area contributed by atoms with Crippen LogP contribution < -0.4 is 4.74 Å². The molecule has 2 aliphatic heterocycles. The Morgan fingerprint density at radius 2 is 1.89 bits per heavy atom. The molecule has 0 spiro atoms. The third kappa shape index (κ3) is 3.93. The van der Waals surface area contributed by atoms with Gasteiger partial charge in [0, 0.05) is 55.8 Å². The Morgan fingerprint density at radius 3 is 2.57 bits per heavy atom. The molecular weight excluding hydrogens is 376 g/mol. The number of amides is 1. The van der Waals surface area contributed by atoms with Gasteiger partial charge in [0.15, 0.2) is 5.69 Å². The molecule has 5 rings (SSSR count). The first-order valence-corrected chi connectivity index (χ1v) is 11.2. The molecule has 28 heavy (non-hydrogen) atoms. The molecule has 2 aromatic rings. The van der Waals surface area contributed by atoms with Crippen molar-refractivity contribution in [1.29, 1.82) is 0 Å². The van der Waals surface area contributed by atoms with E-state index in [4.69, 9.17) is 9.26 Å². The predicted octanol–water partition coefficient (Wildman–Crippen LogP) is 3.16. The van der Waals surface area contributed by atoms with E-state index < -0.39 is 0 Å². The zero-order chi connectivity index (χ0) is 18.9. The summed E-state index contributed by atoms with van der Waals surface area (Å²) in [6.07, 6.45) is 8.50. The van der Waals surface area contributed by atoms with E-state index in [1.54, 1.807) is 17.5 Å². The first-order chi connectivity index (χ1) is 13.8. The number of likely N-dealkylation sites (tertiary alicyclic amines) is 2. The van der Waals surface area contributed by atoms with E-state index in [0.29, 0.717) is 17.7 Å². The minimum Gasteiger partial charge on any atom is -0.467 e. The Labute approximate surface area is 168 Å². The molecular formula is C20H26N4O3S. The lowest BCUT2D eigenvalue weighted by Gasteiger charge is -2.41. The first kappa shape index (κ1) is 18.1. The molecule has 3 fully saturated rings. The Bertz CT molecular complexity index is 788. The van der Waals surface area contributed by atoms with Gasteiger partial charge in [0.2, 0.25) is 0 Å². The van der Waals surface area contributed by atoms with Crippen LogP contribution in [0.4, 0.5) is 0 Å². The molecule has 0 atom stereocenters. The number of carbonyl (C=O) groups is 1. The van der Waals surface area contributed by atoms with E-state index in [2.05, 4.69) is 15.0 Å². The molecule has 8 heteroatoms. The van der Waals surface area contributed by atoms with Crippen molar-refractivity contribution in [2.24, 2.45) is 0 Å². The summed E-state index contributed by atoms with van der Waals surface area (Å²) in [4.78, 5) is 21.4. The second-order valence-corrected chi connectivity index (χ2v) is 8.92. The Morgan fingerprint density at radius 1 is 1.11 bits per heavy atom. The van der Waals surface area contributed by atoms with Gasteiger partial charge in [0.1, 0.15) is 11.9 Å². The van der Waals surface area contributed by atoms with Gasteiger partial charge < -0.3 is 14.2 Å². The molecule has 0 aromatic carbocycles. The molecule has 0 radical (unpaired) electrons. The van der Waals surface area contributed by atoms with Gasteiger partial charge in [-0.2, -0.15) is 0 Å². The number of rotatable bonds is 5. The maximum absolute atomic E-state index is 12.7. The van der Waals surface area contributed by atoms with Gasteiger partial charge in [-0.1, -0.05) is 16.5 Å². The zero-order valence-electron chi connectivity index (χ0n) is 16.0. The van der Waals surface area contributed by atoms with Crippen molar-refractivity contribution < 1.29 is 14.1 Å². The Hall–Kier alpha value is -1.93. The smallest absolute Gasteiger partial charge is 0.276 e. The van der Waals surface area contributed by atoms with Gasteiger partial charge in [-0.25, -0.2) is 4.98 Å². The van der Waals surface area contributed by atoms with Crippen LogP contribution in [-0.2, 0) is 0 Å². The number of hydrogen-bond acceptors (Lipinski definition) is 7. The van der Waals surface area contributed by atoms with E-state index in [0.717, 1.165) is 75.7 Å². The van der Waals surface area contributed by atoms with Gasteiger partial charge in [-0.3, -0.25) is 9.69 Å². The van der Waals surface area contributed by atoms with Crippen molar-refractivity contribution in [1.82, 2.24) is 19.9 Å². The number of ether oxygens (including phenoxy) is 1. The molecule has 150 valence electrons. The van der Waals surface area contributed by atoms with E-state index in [1.165, 1.54) is 0 Å². The normalized spacial score (nSPS) is 22.5. The Kier molecular flexibility index (Phi) is 5.07. The minimum atomic E-state index is 0.0182. The van der Waals surface area contributed by atoms with Crippen LogP contribution in [0.1, 0.15) is 60.7 Å². The quantitative estimate of drug-likeness (QED) is 0.765. The fourth-order valence-corrected chi connectivity index (χ4v) is 4.87. The maximum atomic E-state index is 12.7. The number of hydrogen-bond donors (Lipinski definition) is 0. The third-order valence-corrected chi connectivity index (χ3v) is 6.81. The molecule has 3 aliphatic rings. The molecule has 1 saturated carbocycles. The maximum Gasteiger partial charge on any atom is 0.276 e. The van der Waals surface area contributed by atoms with Crippen LogP contribution in [0.25, 0.3) is 0 Å². The summed E-state index contributed by atoms with van der Waals surface area (Å²) in [6.45, 7) is 3.71. The van der Waals surface area contributed by atoms with Crippen LogP contribution in [0.5, 0.6) is 5.19 Å². The van der Waals surface area contributed by atoms with Crippen LogP contribution in [0, 0.1) is 0 Å². The minimum absolute atomic E-state index is 0.0182. The van der Waals surface area contributed by atoms with Crippen LogP contribution in [0.3, 0.4) is 0 Å². The fourth-order valence-electron chi connectivity index (χ4n) is 4.32. The largest absolute Gasteiger partial charge is 0.467 e. The summed E-state index contributed by atoms with van der Waals surface area (Å²) in [6, 6.07) is 2.41. The number of nitrogens with zero attached hydrogens (tertiary/aromatic N) is 4. The van der Waals surface area contributed by atoms with Gasteiger partial charge in [-0.15, -0.1) is 0 Å². The van der Waals surface area contributed by atoms with Crippen molar-refractivity contribution >= 4 is 17.2 Å². The lowest BCUT2D eigenvalue weighted by Crippen LogP contribution is -2.50. The highest BCUT2D eigenvalue weighted by molar-refractivity contribution is 7.11. The first-order valence-electron chi connectivity index (χ1n) is 10.3. The molecule has 4 heterocycles. The van der Waals surface area contributed by atoms with Crippen molar-refractivity contribution in [2.75, 3.05) is 26.2 Å². The van der Waals surface area contributed by atoms with Crippen molar-refractivity contribution in [3.63, 3.8) is 0 Å². The molecule has 1 amide bonds. The average Bonchev–Trinajstić information content (AvgIpc) is 3.24. The summed E-state index contributed by atoms with van der Waals surface area (Å²) in [5.74, 6) is 1.38. The fraction of sp³-hybridized carbons (Fsp3) is 0.650. The summed E-state index contributed by atoms with van der Waals surface area (Å²) < 4.78 is 11.3. The second kappa shape index (κ2) is 7.83. The van der Waals surface area contributed by atoms with E-state index in [9.17, 15) is 4.79 Å². The van der Waals surface area contributed by atoms with Crippen molar-refractivity contribution in [2.45, 2.75) is 56.6 Å².